The van der Waals surface area contributed by atoms with Gasteiger partial charge in [-0.1, -0.05) is 209 Å². The number of aliphatic hydroxyl groups is 1. The van der Waals surface area contributed by atoms with E-state index in [1.54, 1.807) is 0 Å². The molecule has 0 heterocycles. The lowest BCUT2D eigenvalue weighted by molar-refractivity contribution is -0.147. The Hall–Kier alpha value is -2.29. The highest BCUT2D eigenvalue weighted by atomic mass is 31.2. The van der Waals surface area contributed by atoms with Crippen LogP contribution in [0.2, 0.25) is 0 Å². The largest absolute Gasteiger partial charge is 0.472 e. The average molecular weight is 934 g/mol. The quantitative estimate of drug-likeness (QED) is 0.0238. The average Bonchev–Trinajstić information content (AvgIpc) is 3.29. The molecular formula is C55H100NO8P. The number of hydrogen-bond acceptors (Lipinski definition) is 7. The lowest BCUT2D eigenvalue weighted by Crippen LogP contribution is -2.27. The monoisotopic (exact) mass is 934 g/mol. The smallest absolute Gasteiger partial charge is 0.463 e. The molecule has 0 fully saturated rings. The molecule has 378 valence electrons. The van der Waals surface area contributed by atoms with Gasteiger partial charge < -0.3 is 20.1 Å². The minimum absolute atomic E-state index is 0.0778. The molecule has 10 heteroatoms. The molecule has 0 aromatic carbocycles. The molecule has 0 aromatic rings. The summed E-state index contributed by atoms with van der Waals surface area (Å²) in [4.78, 5) is 34.1. The van der Waals surface area contributed by atoms with Crippen molar-refractivity contribution in [1.82, 2.24) is 5.32 Å². The molecule has 2 atom stereocenters. The van der Waals surface area contributed by atoms with Gasteiger partial charge in [-0.05, 0) is 83.5 Å². The number of esters is 1. The molecule has 0 aliphatic heterocycles. The Kier molecular flexibility index (Phi) is 49.3. The molecule has 0 aliphatic rings. The molecule has 3 N–H and O–H groups in total. The van der Waals surface area contributed by atoms with Gasteiger partial charge in [0.15, 0.2) is 0 Å². The van der Waals surface area contributed by atoms with Crippen LogP contribution < -0.4 is 5.32 Å². The van der Waals surface area contributed by atoms with Crippen LogP contribution >= 0.6 is 7.82 Å². The number of amides is 1. The van der Waals surface area contributed by atoms with Crippen LogP contribution in [0, 0.1) is 0 Å². The third kappa shape index (κ3) is 52.5. The Morgan fingerprint density at radius 1 is 0.477 bits per heavy atom. The van der Waals surface area contributed by atoms with E-state index < -0.39 is 26.5 Å². The number of carbonyl (C=O) groups is 2. The lowest BCUT2D eigenvalue weighted by atomic mass is 10.0. The first kappa shape index (κ1) is 62.7. The van der Waals surface area contributed by atoms with Crippen molar-refractivity contribution in [2.45, 2.75) is 251 Å². The van der Waals surface area contributed by atoms with E-state index in [2.05, 4.69) is 79.9 Å². The summed E-state index contributed by atoms with van der Waals surface area (Å²) >= 11 is 0. The number of nitrogens with one attached hydrogen (secondary N) is 1. The van der Waals surface area contributed by atoms with Crippen molar-refractivity contribution in [1.29, 1.82) is 0 Å². The number of ether oxygens (including phenoxy) is 1. The zero-order chi connectivity index (χ0) is 47.4. The number of hydrogen-bond donors (Lipinski definition) is 3. The molecule has 0 aromatic heterocycles. The third-order valence-electron chi connectivity index (χ3n) is 11.4. The second kappa shape index (κ2) is 51.1. The van der Waals surface area contributed by atoms with Crippen molar-refractivity contribution in [3.8, 4) is 0 Å². The van der Waals surface area contributed by atoms with Crippen molar-refractivity contribution in [2.24, 2.45) is 0 Å². The van der Waals surface area contributed by atoms with Gasteiger partial charge in [0.1, 0.15) is 12.7 Å². The fourth-order valence-corrected chi connectivity index (χ4v) is 8.12. The van der Waals surface area contributed by atoms with E-state index in [4.69, 9.17) is 13.8 Å². The zero-order valence-electron chi connectivity index (χ0n) is 41.9. The van der Waals surface area contributed by atoms with E-state index in [0.717, 1.165) is 57.8 Å². The lowest BCUT2D eigenvalue weighted by Gasteiger charge is -2.15. The van der Waals surface area contributed by atoms with Gasteiger partial charge in [0.2, 0.25) is 5.91 Å². The van der Waals surface area contributed by atoms with Crippen LogP contribution in [-0.4, -0.2) is 54.3 Å². The molecule has 2 unspecified atom stereocenters. The molecule has 0 bridgehead atoms. The van der Waals surface area contributed by atoms with Gasteiger partial charge in [0.25, 0.3) is 0 Å². The van der Waals surface area contributed by atoms with Crippen LogP contribution in [0.5, 0.6) is 0 Å². The zero-order valence-corrected chi connectivity index (χ0v) is 42.8. The molecule has 0 aliphatic carbocycles. The third-order valence-corrected chi connectivity index (χ3v) is 12.4. The van der Waals surface area contributed by atoms with Gasteiger partial charge in [0.05, 0.1) is 13.2 Å². The number of allylic oxidation sites excluding steroid dienone is 10. The highest BCUT2D eigenvalue weighted by molar-refractivity contribution is 7.47. The number of phosphoric ester groups is 1. The SMILES string of the molecule is CCCCC/C=C\C/C=C\C/C=C\CCCCCCCCCCCCC(=O)NCCOP(=O)(O)OCC(O)COC(=O)CCCCCCCCCCCCC/C=C\C/C=C\CCCCC. The summed E-state index contributed by atoms with van der Waals surface area (Å²) in [5, 5.41) is 12.8. The predicted molar refractivity (Wildman–Crippen MR) is 275 cm³/mol. The molecule has 0 saturated heterocycles. The predicted octanol–water partition coefficient (Wildman–Crippen LogP) is 16.0. The first-order chi connectivity index (χ1) is 31.8. The molecule has 0 saturated carbocycles. The first-order valence-corrected chi connectivity index (χ1v) is 28.3. The minimum Gasteiger partial charge on any atom is -0.463 e. The Labute approximate surface area is 399 Å². The molecule has 0 rings (SSSR count). The fraction of sp³-hybridized carbons (Fsp3) is 0.782. The summed E-state index contributed by atoms with van der Waals surface area (Å²) in [7, 11) is -4.43. The van der Waals surface area contributed by atoms with Crippen molar-refractivity contribution < 1.29 is 37.9 Å². The van der Waals surface area contributed by atoms with Crippen LogP contribution in [0.1, 0.15) is 245 Å². The Balaban J connectivity index is 3.56. The van der Waals surface area contributed by atoms with Crippen LogP contribution in [0.4, 0.5) is 0 Å². The molecule has 65 heavy (non-hydrogen) atoms. The van der Waals surface area contributed by atoms with Gasteiger partial charge >= 0.3 is 13.8 Å². The number of phosphoric acid groups is 1. The van der Waals surface area contributed by atoms with Crippen LogP contribution in [0.3, 0.4) is 0 Å². The van der Waals surface area contributed by atoms with Crippen molar-refractivity contribution in [2.75, 3.05) is 26.4 Å². The van der Waals surface area contributed by atoms with E-state index >= 15 is 0 Å². The maximum absolute atomic E-state index is 12.2. The summed E-state index contributed by atoms with van der Waals surface area (Å²) in [5.41, 5.74) is 0. The van der Waals surface area contributed by atoms with Crippen molar-refractivity contribution >= 4 is 19.7 Å². The Morgan fingerprint density at radius 3 is 1.25 bits per heavy atom. The highest BCUT2D eigenvalue weighted by Crippen LogP contribution is 2.42. The van der Waals surface area contributed by atoms with Crippen LogP contribution in [-0.2, 0) is 27.9 Å². The van der Waals surface area contributed by atoms with Gasteiger partial charge in [-0.3, -0.25) is 18.6 Å². The van der Waals surface area contributed by atoms with Gasteiger partial charge in [0, 0.05) is 19.4 Å². The standard InChI is InChI=1S/C55H100NO8P/c1-3-5-7-9-11-13-15-17-19-21-23-25-26-28-29-31-33-35-37-39-41-43-45-47-54(58)56-49-50-63-65(60,61)64-52-53(57)51-62-55(59)48-46-44-42-40-38-36-34-32-30-27-24-22-20-18-16-14-12-10-8-6-4-2/h11-14,17-20,23,25,53,57H,3-10,15-16,21-22,24,26-52H2,1-2H3,(H,56,58)(H,60,61)/b13-11-,14-12-,19-17-,20-18-,25-23-. The van der Waals surface area contributed by atoms with Crippen molar-refractivity contribution in [3.05, 3.63) is 60.8 Å². The van der Waals surface area contributed by atoms with Crippen molar-refractivity contribution in [3.63, 3.8) is 0 Å². The molecule has 0 radical (unpaired) electrons. The summed E-state index contributed by atoms with van der Waals surface area (Å²) in [6, 6.07) is 0. The maximum atomic E-state index is 12.2. The number of aliphatic hydroxyl groups excluding tert-OH is 1. The molecular weight excluding hydrogens is 834 g/mol. The number of rotatable bonds is 50. The first-order valence-electron chi connectivity index (χ1n) is 26.8. The number of unbranched alkanes of at least 4 members (excludes halogenated alkanes) is 27. The van der Waals surface area contributed by atoms with Crippen LogP contribution in [0.25, 0.3) is 0 Å². The Bertz CT molecular complexity index is 1250. The summed E-state index contributed by atoms with van der Waals surface area (Å²) < 4.78 is 27.0. The summed E-state index contributed by atoms with van der Waals surface area (Å²) in [5.74, 6) is -0.519. The fourth-order valence-electron chi connectivity index (χ4n) is 7.36. The topological polar surface area (TPSA) is 131 Å². The molecule has 9 nitrogen and oxygen atoms in total. The summed E-state index contributed by atoms with van der Waals surface area (Å²) in [6.07, 6.45) is 63.0. The Morgan fingerprint density at radius 2 is 0.831 bits per heavy atom. The highest BCUT2D eigenvalue weighted by Gasteiger charge is 2.23. The van der Waals surface area contributed by atoms with E-state index in [1.165, 1.54) is 161 Å². The molecule has 0 spiro atoms. The maximum Gasteiger partial charge on any atom is 0.472 e. The van der Waals surface area contributed by atoms with E-state index in [1.807, 2.05) is 0 Å². The van der Waals surface area contributed by atoms with E-state index in [9.17, 15) is 24.2 Å². The van der Waals surface area contributed by atoms with Gasteiger partial charge in [-0.25, -0.2) is 4.57 Å². The van der Waals surface area contributed by atoms with E-state index in [-0.39, 0.29) is 32.1 Å². The van der Waals surface area contributed by atoms with Crippen LogP contribution in [0.15, 0.2) is 60.8 Å². The molecule has 1 amide bonds. The number of carbonyl (C=O) groups excluding carboxylic acids is 2. The summed E-state index contributed by atoms with van der Waals surface area (Å²) in [6.45, 7) is 3.52. The van der Waals surface area contributed by atoms with E-state index in [0.29, 0.717) is 6.42 Å². The normalized spacial score (nSPS) is 13.6. The second-order valence-corrected chi connectivity index (χ2v) is 19.3. The van der Waals surface area contributed by atoms with Gasteiger partial charge in [-0.15, -0.1) is 0 Å². The van der Waals surface area contributed by atoms with Gasteiger partial charge in [-0.2, -0.15) is 0 Å². The minimum atomic E-state index is -4.43. The second-order valence-electron chi connectivity index (χ2n) is 17.8.